The first kappa shape index (κ1) is 17.6. The van der Waals surface area contributed by atoms with Gasteiger partial charge in [0.25, 0.3) is 10.0 Å². The lowest BCUT2D eigenvalue weighted by molar-refractivity contribution is -0.137. The number of hydrogen-bond acceptors (Lipinski definition) is 2. The Balaban J connectivity index is 2.59. The molecule has 0 bridgehead atoms. The van der Waals surface area contributed by atoms with E-state index in [9.17, 15) is 21.6 Å². The molecule has 0 unspecified atom stereocenters. The quantitative estimate of drug-likeness (QED) is 0.797. The molecule has 0 saturated carbocycles. The molecule has 0 saturated heterocycles. The fourth-order valence-electron chi connectivity index (χ4n) is 2.08. The minimum Gasteiger partial charge on any atom is -0.267 e. The molecule has 0 spiro atoms. The van der Waals surface area contributed by atoms with Crippen LogP contribution >= 0.6 is 11.6 Å². The average molecular weight is 364 g/mol. The summed E-state index contributed by atoms with van der Waals surface area (Å²) in [4.78, 5) is -0.570. The van der Waals surface area contributed by atoms with Gasteiger partial charge in [0.2, 0.25) is 0 Å². The lowest BCUT2D eigenvalue weighted by Crippen LogP contribution is -2.31. The number of nitrogens with zero attached hydrogens (tertiary/aromatic N) is 1. The number of halogens is 4. The zero-order valence-corrected chi connectivity index (χ0v) is 13.6. The molecule has 2 aromatic rings. The second-order valence-electron chi connectivity index (χ2n) is 4.65. The monoisotopic (exact) mass is 363 g/mol. The summed E-state index contributed by atoms with van der Waals surface area (Å²) < 4.78 is 65.0. The van der Waals surface area contributed by atoms with Crippen LogP contribution in [0.4, 0.5) is 18.9 Å². The van der Waals surface area contributed by atoms with Crippen molar-refractivity contribution < 1.29 is 21.6 Å². The molecular formula is C15H13ClF3NO2S. The van der Waals surface area contributed by atoms with Crippen LogP contribution in [0.5, 0.6) is 0 Å². The maximum atomic E-state index is 12.8. The summed E-state index contributed by atoms with van der Waals surface area (Å²) in [5.74, 6) is 0. The van der Waals surface area contributed by atoms with Gasteiger partial charge >= 0.3 is 6.18 Å². The molecule has 0 aromatic heterocycles. The van der Waals surface area contributed by atoms with Gasteiger partial charge in [-0.2, -0.15) is 13.2 Å². The molecular weight excluding hydrogens is 351 g/mol. The van der Waals surface area contributed by atoms with E-state index in [1.54, 1.807) is 37.3 Å². The van der Waals surface area contributed by atoms with E-state index in [1.807, 2.05) is 0 Å². The van der Waals surface area contributed by atoms with Crippen LogP contribution in [0.15, 0.2) is 53.4 Å². The largest absolute Gasteiger partial charge is 0.416 e. The molecule has 2 rings (SSSR count). The molecule has 3 nitrogen and oxygen atoms in total. The van der Waals surface area contributed by atoms with Gasteiger partial charge in [0.05, 0.1) is 16.3 Å². The molecule has 0 amide bonds. The molecule has 0 heterocycles. The van der Waals surface area contributed by atoms with Crippen molar-refractivity contribution in [3.05, 3.63) is 59.1 Å². The number of para-hydroxylation sites is 1. The Kier molecular flexibility index (Phi) is 4.91. The molecule has 0 atom stereocenters. The number of anilines is 1. The summed E-state index contributed by atoms with van der Waals surface area (Å²) in [5.41, 5.74) is -0.715. The van der Waals surface area contributed by atoms with Gasteiger partial charge in [0, 0.05) is 6.54 Å². The van der Waals surface area contributed by atoms with Gasteiger partial charge in [-0.05, 0) is 37.3 Å². The van der Waals surface area contributed by atoms with E-state index >= 15 is 0 Å². The lowest BCUT2D eigenvalue weighted by Gasteiger charge is -2.24. The second-order valence-corrected chi connectivity index (χ2v) is 6.89. The number of sulfonamides is 1. The summed E-state index contributed by atoms with van der Waals surface area (Å²) >= 11 is 5.85. The van der Waals surface area contributed by atoms with Gasteiger partial charge in [-0.15, -0.1) is 0 Å². The van der Waals surface area contributed by atoms with Crippen molar-refractivity contribution in [2.24, 2.45) is 0 Å². The number of benzene rings is 2. The first-order valence-corrected chi connectivity index (χ1v) is 8.44. The first-order valence-electron chi connectivity index (χ1n) is 6.62. The highest BCUT2D eigenvalue weighted by atomic mass is 35.5. The first-order chi connectivity index (χ1) is 10.7. The van der Waals surface area contributed by atoms with Crippen molar-refractivity contribution in [3.63, 3.8) is 0 Å². The molecule has 0 fully saturated rings. The van der Waals surface area contributed by atoms with Crippen molar-refractivity contribution in [2.45, 2.75) is 18.0 Å². The Morgan fingerprint density at radius 1 is 1.09 bits per heavy atom. The summed E-state index contributed by atoms with van der Waals surface area (Å²) in [6, 6.07) is 10.4. The zero-order valence-electron chi connectivity index (χ0n) is 12.0. The average Bonchev–Trinajstić information content (AvgIpc) is 2.47. The van der Waals surface area contributed by atoms with Gasteiger partial charge in [-0.1, -0.05) is 29.8 Å². The lowest BCUT2D eigenvalue weighted by atomic mass is 10.2. The molecule has 23 heavy (non-hydrogen) atoms. The normalized spacial score (nSPS) is 12.2. The second kappa shape index (κ2) is 6.41. The third-order valence-corrected chi connectivity index (χ3v) is 5.54. The highest BCUT2D eigenvalue weighted by Crippen LogP contribution is 2.35. The minimum absolute atomic E-state index is 0.0545. The van der Waals surface area contributed by atoms with Crippen LogP contribution in [0.1, 0.15) is 12.5 Å². The zero-order chi connectivity index (χ0) is 17.3. The standard InChI is InChI=1S/C15H13ClF3NO2S/c1-2-20(12-6-4-3-5-7-12)23(21,22)14-10-11(15(17,18)19)8-9-13(14)16/h3-10H,2H2,1H3. The van der Waals surface area contributed by atoms with Crippen molar-refractivity contribution in [1.29, 1.82) is 0 Å². The molecule has 0 N–H and O–H groups in total. The van der Waals surface area contributed by atoms with Crippen molar-refractivity contribution in [3.8, 4) is 0 Å². The Morgan fingerprint density at radius 3 is 2.22 bits per heavy atom. The van der Waals surface area contributed by atoms with Crippen LogP contribution < -0.4 is 4.31 Å². The molecule has 0 aliphatic heterocycles. The topological polar surface area (TPSA) is 37.4 Å². The Morgan fingerprint density at radius 2 is 1.70 bits per heavy atom. The summed E-state index contributed by atoms with van der Waals surface area (Å²) in [6.45, 7) is 1.64. The third kappa shape index (κ3) is 3.61. The summed E-state index contributed by atoms with van der Waals surface area (Å²) in [7, 11) is -4.22. The van der Waals surface area contributed by atoms with E-state index in [0.29, 0.717) is 11.8 Å². The van der Waals surface area contributed by atoms with Gasteiger partial charge < -0.3 is 0 Å². The molecule has 0 radical (unpaired) electrons. The van der Waals surface area contributed by atoms with E-state index in [2.05, 4.69) is 0 Å². The molecule has 0 aliphatic carbocycles. The smallest absolute Gasteiger partial charge is 0.267 e. The van der Waals surface area contributed by atoms with E-state index in [4.69, 9.17) is 11.6 Å². The van der Waals surface area contributed by atoms with Crippen LogP contribution in [-0.2, 0) is 16.2 Å². The Hall–Kier alpha value is -1.73. The molecule has 0 aliphatic rings. The van der Waals surface area contributed by atoms with Crippen molar-refractivity contribution >= 4 is 27.3 Å². The van der Waals surface area contributed by atoms with Gasteiger partial charge in [-0.3, -0.25) is 4.31 Å². The number of hydrogen-bond donors (Lipinski definition) is 0. The van der Waals surface area contributed by atoms with E-state index in [-0.39, 0.29) is 11.6 Å². The van der Waals surface area contributed by atoms with Crippen molar-refractivity contribution in [2.75, 3.05) is 10.8 Å². The predicted molar refractivity (Wildman–Crippen MR) is 83.1 cm³/mol. The van der Waals surface area contributed by atoms with Gasteiger partial charge in [-0.25, -0.2) is 8.42 Å². The van der Waals surface area contributed by atoms with Crippen LogP contribution in [0.3, 0.4) is 0 Å². The van der Waals surface area contributed by atoms with E-state index < -0.39 is 26.7 Å². The highest BCUT2D eigenvalue weighted by Gasteiger charge is 2.34. The maximum absolute atomic E-state index is 12.8. The van der Waals surface area contributed by atoms with E-state index in [1.165, 1.54) is 0 Å². The Labute approximate surface area is 137 Å². The summed E-state index contributed by atoms with van der Waals surface area (Å²) in [6.07, 6.45) is -4.65. The maximum Gasteiger partial charge on any atom is 0.416 e. The van der Waals surface area contributed by atoms with Crippen molar-refractivity contribution in [1.82, 2.24) is 0 Å². The molecule has 2 aromatic carbocycles. The van der Waals surface area contributed by atoms with Crippen LogP contribution in [0, 0.1) is 0 Å². The van der Waals surface area contributed by atoms with Crippen LogP contribution in [-0.4, -0.2) is 15.0 Å². The highest BCUT2D eigenvalue weighted by molar-refractivity contribution is 7.93. The predicted octanol–water partition coefficient (Wildman–Crippen LogP) is 4.57. The number of rotatable bonds is 4. The Bertz CT molecular complexity index is 792. The summed E-state index contributed by atoms with van der Waals surface area (Å²) in [5, 5.41) is -0.257. The van der Waals surface area contributed by atoms with Gasteiger partial charge in [0.15, 0.2) is 0 Å². The third-order valence-electron chi connectivity index (χ3n) is 3.16. The number of alkyl halides is 3. The van der Waals surface area contributed by atoms with Crippen LogP contribution in [0.2, 0.25) is 5.02 Å². The van der Waals surface area contributed by atoms with E-state index in [0.717, 1.165) is 16.4 Å². The minimum atomic E-state index is -4.65. The van der Waals surface area contributed by atoms with Crippen LogP contribution in [0.25, 0.3) is 0 Å². The van der Waals surface area contributed by atoms with Gasteiger partial charge in [0.1, 0.15) is 4.90 Å². The SMILES string of the molecule is CCN(c1ccccc1)S(=O)(=O)c1cc(C(F)(F)F)ccc1Cl. The fraction of sp³-hybridized carbons (Fsp3) is 0.200. The molecule has 8 heteroatoms. The fourth-order valence-corrected chi connectivity index (χ4v) is 4.06. The molecule has 124 valence electrons.